The van der Waals surface area contributed by atoms with E-state index in [1.807, 2.05) is 62.4 Å². The van der Waals surface area contributed by atoms with E-state index in [-0.39, 0.29) is 5.57 Å². The number of pyridine rings is 1. The van der Waals surface area contributed by atoms with Crippen LogP contribution in [0.1, 0.15) is 29.4 Å². The van der Waals surface area contributed by atoms with E-state index >= 15 is 0 Å². The van der Waals surface area contributed by atoms with Crippen molar-refractivity contribution >= 4 is 17.7 Å². The maximum absolute atomic E-state index is 12.6. The molecule has 0 spiro atoms. The summed E-state index contributed by atoms with van der Waals surface area (Å²) >= 11 is 0. The van der Waals surface area contributed by atoms with Gasteiger partial charge in [-0.05, 0) is 67.8 Å². The van der Waals surface area contributed by atoms with Gasteiger partial charge in [-0.25, -0.2) is 0 Å². The smallest absolute Gasteiger partial charge is 0.266 e. The SMILES string of the molecule is CCc1ccc(NC(=O)/C(C#N)=C\c2cc(C)n(-c3cccnc3)c2C)cc1. The molecule has 1 amide bonds. The average molecular weight is 370 g/mol. The zero-order chi connectivity index (χ0) is 20.1. The molecular formula is C23H22N4O. The number of nitriles is 1. The predicted molar refractivity (Wildman–Crippen MR) is 111 cm³/mol. The van der Waals surface area contributed by atoms with Crippen molar-refractivity contribution in [1.29, 1.82) is 5.26 Å². The van der Waals surface area contributed by atoms with Gasteiger partial charge in [0.1, 0.15) is 11.6 Å². The summed E-state index contributed by atoms with van der Waals surface area (Å²) in [4.78, 5) is 16.7. The van der Waals surface area contributed by atoms with Crippen molar-refractivity contribution in [3.8, 4) is 11.8 Å². The second-order valence-electron chi connectivity index (χ2n) is 6.55. The van der Waals surface area contributed by atoms with Gasteiger partial charge in [-0.3, -0.25) is 9.78 Å². The third kappa shape index (κ3) is 4.02. The van der Waals surface area contributed by atoms with Crippen LogP contribution in [0.5, 0.6) is 0 Å². The molecule has 0 saturated carbocycles. The topological polar surface area (TPSA) is 70.7 Å². The molecule has 0 aliphatic rings. The fourth-order valence-electron chi connectivity index (χ4n) is 3.14. The van der Waals surface area contributed by atoms with Crippen molar-refractivity contribution in [2.24, 2.45) is 0 Å². The van der Waals surface area contributed by atoms with Gasteiger partial charge in [-0.1, -0.05) is 19.1 Å². The second kappa shape index (κ2) is 8.36. The first-order valence-corrected chi connectivity index (χ1v) is 9.15. The molecular weight excluding hydrogens is 348 g/mol. The Hall–Kier alpha value is -3.65. The number of hydrogen-bond donors (Lipinski definition) is 1. The fourth-order valence-corrected chi connectivity index (χ4v) is 3.14. The van der Waals surface area contributed by atoms with Crippen LogP contribution in [-0.2, 0) is 11.2 Å². The number of aryl methyl sites for hydroxylation is 2. The Morgan fingerprint density at radius 2 is 2.00 bits per heavy atom. The highest BCUT2D eigenvalue weighted by atomic mass is 16.1. The van der Waals surface area contributed by atoms with E-state index in [0.29, 0.717) is 5.69 Å². The molecule has 3 aromatic rings. The number of anilines is 1. The zero-order valence-electron chi connectivity index (χ0n) is 16.2. The van der Waals surface area contributed by atoms with Crippen LogP contribution in [0, 0.1) is 25.2 Å². The summed E-state index contributed by atoms with van der Waals surface area (Å²) in [6.45, 7) is 6.02. The number of carbonyl (C=O) groups excluding carboxylic acids is 1. The molecule has 0 atom stereocenters. The molecule has 0 aliphatic heterocycles. The van der Waals surface area contributed by atoms with Crippen molar-refractivity contribution in [2.75, 3.05) is 5.32 Å². The number of rotatable bonds is 5. The number of aromatic nitrogens is 2. The second-order valence-corrected chi connectivity index (χ2v) is 6.55. The molecule has 28 heavy (non-hydrogen) atoms. The molecule has 0 saturated heterocycles. The Morgan fingerprint density at radius 3 is 2.61 bits per heavy atom. The molecule has 1 aromatic carbocycles. The third-order valence-corrected chi connectivity index (χ3v) is 4.66. The van der Waals surface area contributed by atoms with Crippen LogP contribution in [0.2, 0.25) is 0 Å². The Labute approximate surface area is 165 Å². The molecule has 140 valence electrons. The molecule has 0 radical (unpaired) electrons. The standard InChI is InChI=1S/C23H22N4O/c1-4-18-7-9-21(10-8-18)26-23(28)20(14-24)13-19-12-16(2)27(17(19)3)22-6-5-11-25-15-22/h5-13,15H,4H2,1-3H3,(H,26,28)/b20-13-. The van der Waals surface area contributed by atoms with E-state index in [9.17, 15) is 10.1 Å². The van der Waals surface area contributed by atoms with Crippen LogP contribution in [0.15, 0.2) is 60.4 Å². The number of hydrogen-bond acceptors (Lipinski definition) is 3. The Kier molecular flexibility index (Phi) is 5.71. The lowest BCUT2D eigenvalue weighted by atomic mass is 10.1. The number of benzene rings is 1. The lowest BCUT2D eigenvalue weighted by Gasteiger charge is -2.08. The highest BCUT2D eigenvalue weighted by molar-refractivity contribution is 6.09. The quantitative estimate of drug-likeness (QED) is 0.527. The first kappa shape index (κ1) is 19.1. The van der Waals surface area contributed by atoms with Crippen molar-refractivity contribution in [3.63, 3.8) is 0 Å². The zero-order valence-corrected chi connectivity index (χ0v) is 16.2. The number of nitrogens with zero attached hydrogens (tertiary/aromatic N) is 3. The number of carbonyl (C=O) groups is 1. The van der Waals surface area contributed by atoms with E-state index in [0.717, 1.165) is 29.1 Å². The molecule has 0 fully saturated rings. The van der Waals surface area contributed by atoms with E-state index in [1.165, 1.54) is 5.56 Å². The fraction of sp³-hybridized carbons (Fsp3) is 0.174. The highest BCUT2D eigenvalue weighted by Gasteiger charge is 2.14. The highest BCUT2D eigenvalue weighted by Crippen LogP contribution is 2.22. The monoisotopic (exact) mass is 370 g/mol. The molecule has 0 aliphatic carbocycles. The van der Waals surface area contributed by atoms with E-state index < -0.39 is 5.91 Å². The summed E-state index contributed by atoms with van der Waals surface area (Å²) in [5.74, 6) is -0.419. The molecule has 2 heterocycles. The van der Waals surface area contributed by atoms with Crippen LogP contribution in [-0.4, -0.2) is 15.5 Å². The maximum Gasteiger partial charge on any atom is 0.266 e. The number of nitrogens with one attached hydrogen (secondary N) is 1. The van der Waals surface area contributed by atoms with Crippen LogP contribution in [0.25, 0.3) is 11.8 Å². The summed E-state index contributed by atoms with van der Waals surface area (Å²) in [6.07, 6.45) is 6.07. The minimum atomic E-state index is -0.419. The molecule has 1 N–H and O–H groups in total. The summed E-state index contributed by atoms with van der Waals surface area (Å²) in [5, 5.41) is 12.3. The van der Waals surface area contributed by atoms with Crippen LogP contribution < -0.4 is 5.32 Å². The molecule has 0 bridgehead atoms. The molecule has 5 nitrogen and oxygen atoms in total. The Morgan fingerprint density at radius 1 is 1.25 bits per heavy atom. The van der Waals surface area contributed by atoms with Gasteiger partial charge in [-0.2, -0.15) is 5.26 Å². The maximum atomic E-state index is 12.6. The summed E-state index contributed by atoms with van der Waals surface area (Å²) in [7, 11) is 0. The van der Waals surface area contributed by atoms with Crippen molar-refractivity contribution < 1.29 is 4.79 Å². The lowest BCUT2D eigenvalue weighted by molar-refractivity contribution is -0.112. The Bertz CT molecular complexity index is 1050. The van der Waals surface area contributed by atoms with Gasteiger partial charge in [0.2, 0.25) is 0 Å². The van der Waals surface area contributed by atoms with Crippen LogP contribution >= 0.6 is 0 Å². The minimum absolute atomic E-state index is 0.0611. The first-order valence-electron chi connectivity index (χ1n) is 9.15. The van der Waals surface area contributed by atoms with Crippen molar-refractivity contribution in [3.05, 3.63) is 82.9 Å². The van der Waals surface area contributed by atoms with E-state index in [1.54, 1.807) is 18.5 Å². The predicted octanol–water partition coefficient (Wildman–Crippen LogP) is 4.60. The molecule has 0 unspecified atom stereocenters. The molecule has 2 aromatic heterocycles. The van der Waals surface area contributed by atoms with Gasteiger partial charge in [0.05, 0.1) is 11.9 Å². The molecule has 5 heteroatoms. The van der Waals surface area contributed by atoms with Gasteiger partial charge < -0.3 is 9.88 Å². The number of amides is 1. The van der Waals surface area contributed by atoms with E-state index in [2.05, 4.69) is 21.8 Å². The minimum Gasteiger partial charge on any atom is -0.321 e. The first-order chi connectivity index (χ1) is 13.5. The van der Waals surface area contributed by atoms with Gasteiger partial charge >= 0.3 is 0 Å². The van der Waals surface area contributed by atoms with Gasteiger partial charge in [0, 0.05) is 23.3 Å². The largest absolute Gasteiger partial charge is 0.321 e. The molecule has 3 rings (SSSR count). The van der Waals surface area contributed by atoms with Crippen LogP contribution in [0.3, 0.4) is 0 Å². The summed E-state index contributed by atoms with van der Waals surface area (Å²) in [6, 6.07) is 15.4. The summed E-state index contributed by atoms with van der Waals surface area (Å²) in [5.41, 5.74) is 5.64. The van der Waals surface area contributed by atoms with E-state index in [4.69, 9.17) is 0 Å². The summed E-state index contributed by atoms with van der Waals surface area (Å²) < 4.78 is 2.05. The third-order valence-electron chi connectivity index (χ3n) is 4.66. The lowest BCUT2D eigenvalue weighted by Crippen LogP contribution is -2.13. The van der Waals surface area contributed by atoms with Gasteiger partial charge in [0.25, 0.3) is 5.91 Å². The van der Waals surface area contributed by atoms with Crippen molar-refractivity contribution in [2.45, 2.75) is 27.2 Å². The van der Waals surface area contributed by atoms with Crippen LogP contribution in [0.4, 0.5) is 5.69 Å². The van der Waals surface area contributed by atoms with Gasteiger partial charge in [-0.15, -0.1) is 0 Å². The Balaban J connectivity index is 1.88. The average Bonchev–Trinajstić information content (AvgIpc) is 3.00. The van der Waals surface area contributed by atoms with Crippen molar-refractivity contribution in [1.82, 2.24) is 9.55 Å². The van der Waals surface area contributed by atoms with Gasteiger partial charge in [0.15, 0.2) is 0 Å². The normalized spacial score (nSPS) is 11.1.